The van der Waals surface area contributed by atoms with Crippen molar-refractivity contribution in [1.82, 2.24) is 4.90 Å². The van der Waals surface area contributed by atoms with Crippen molar-refractivity contribution in [2.75, 3.05) is 43.9 Å². The molecule has 0 aromatic heterocycles. The summed E-state index contributed by atoms with van der Waals surface area (Å²) in [6.07, 6.45) is 1.01. The third-order valence-corrected chi connectivity index (χ3v) is 6.88. The molecule has 1 amide bonds. The number of sulfone groups is 1. The zero-order valence-corrected chi connectivity index (χ0v) is 20.1. The monoisotopic (exact) mass is 475 g/mol. The van der Waals surface area contributed by atoms with E-state index in [-0.39, 0.29) is 23.1 Å². The number of carbonyl (C=O) groups is 1. The van der Waals surface area contributed by atoms with E-state index in [9.17, 15) is 23.3 Å². The molecule has 10 heteroatoms. The predicted molar refractivity (Wildman–Crippen MR) is 126 cm³/mol. The third-order valence-electron chi connectivity index (χ3n) is 5.77. The van der Waals surface area contributed by atoms with Crippen LogP contribution in [0.4, 0.5) is 11.4 Å². The zero-order valence-electron chi connectivity index (χ0n) is 19.3. The lowest BCUT2D eigenvalue weighted by molar-refractivity contribution is -0.384. The van der Waals surface area contributed by atoms with Crippen LogP contribution in [0.15, 0.2) is 41.3 Å². The number of ether oxygens (including phenoxy) is 1. The van der Waals surface area contributed by atoms with Crippen molar-refractivity contribution in [2.24, 2.45) is 0 Å². The molecule has 2 aromatic rings. The number of benzene rings is 2. The van der Waals surface area contributed by atoms with Crippen molar-refractivity contribution < 1.29 is 22.9 Å². The van der Waals surface area contributed by atoms with Crippen molar-refractivity contribution in [3.8, 4) is 5.75 Å². The lowest BCUT2D eigenvalue weighted by Crippen LogP contribution is -2.50. The smallest absolute Gasteiger partial charge is 0.293 e. The van der Waals surface area contributed by atoms with Gasteiger partial charge in [-0.25, -0.2) is 8.42 Å². The Morgan fingerprint density at radius 2 is 1.79 bits per heavy atom. The van der Waals surface area contributed by atoms with Crippen molar-refractivity contribution in [2.45, 2.75) is 31.6 Å². The first-order chi connectivity index (χ1) is 15.5. The highest BCUT2D eigenvalue weighted by molar-refractivity contribution is 7.90. The Hall–Kier alpha value is -3.14. The molecule has 0 spiro atoms. The lowest BCUT2D eigenvalue weighted by atomic mass is 9.98. The second kappa shape index (κ2) is 9.78. The molecule has 0 unspecified atom stereocenters. The van der Waals surface area contributed by atoms with Crippen LogP contribution < -0.4 is 9.64 Å². The van der Waals surface area contributed by atoms with Crippen molar-refractivity contribution in [3.05, 3.63) is 57.6 Å². The first-order valence-electron chi connectivity index (χ1n) is 10.7. The van der Waals surface area contributed by atoms with E-state index in [2.05, 4.69) is 13.8 Å². The molecule has 1 heterocycles. The minimum Gasteiger partial charge on any atom is -0.484 e. The molecule has 9 nitrogen and oxygen atoms in total. The molecule has 0 radical (unpaired) electrons. The molecule has 0 N–H and O–H groups in total. The van der Waals surface area contributed by atoms with Crippen LogP contribution in [0.2, 0.25) is 0 Å². The number of nitro groups is 1. The number of anilines is 1. The van der Waals surface area contributed by atoms with Gasteiger partial charge in [0.2, 0.25) is 0 Å². The van der Waals surface area contributed by atoms with Crippen LogP contribution in [0.25, 0.3) is 0 Å². The summed E-state index contributed by atoms with van der Waals surface area (Å²) >= 11 is 0. The van der Waals surface area contributed by atoms with E-state index in [4.69, 9.17) is 4.74 Å². The number of amides is 1. The molecular formula is C23H29N3O6S. The number of piperazine rings is 1. The molecule has 0 saturated carbocycles. The highest BCUT2D eigenvalue weighted by Gasteiger charge is 2.27. The van der Waals surface area contributed by atoms with Crippen LogP contribution in [0.1, 0.15) is 30.9 Å². The second-order valence-corrected chi connectivity index (χ2v) is 10.5. The van der Waals surface area contributed by atoms with Gasteiger partial charge in [0.15, 0.2) is 16.4 Å². The number of hydrogen-bond acceptors (Lipinski definition) is 7. The van der Waals surface area contributed by atoms with Crippen molar-refractivity contribution >= 4 is 27.1 Å². The van der Waals surface area contributed by atoms with Gasteiger partial charge in [0.25, 0.3) is 11.6 Å². The number of aryl methyl sites for hydroxylation is 1. The van der Waals surface area contributed by atoms with Crippen molar-refractivity contribution in [1.29, 1.82) is 0 Å². The SMILES string of the molecule is Cc1cc(OCC(=O)N2CCN(c3ccc(S(C)(=O)=O)cc3[N+](=O)[O-])CC2)ccc1C(C)C. The molecule has 2 aromatic carbocycles. The fraction of sp³-hybridized carbons (Fsp3) is 0.435. The Morgan fingerprint density at radius 1 is 1.12 bits per heavy atom. The molecule has 3 rings (SSSR count). The molecular weight excluding hydrogens is 446 g/mol. The number of nitro benzene ring substituents is 1. The number of rotatable bonds is 7. The van der Waals surface area contributed by atoms with E-state index in [1.54, 1.807) is 9.80 Å². The Labute approximate surface area is 194 Å². The second-order valence-electron chi connectivity index (χ2n) is 8.51. The molecule has 1 fully saturated rings. The van der Waals surface area contributed by atoms with E-state index >= 15 is 0 Å². The van der Waals surface area contributed by atoms with Crippen LogP contribution in [0.5, 0.6) is 5.75 Å². The fourth-order valence-electron chi connectivity index (χ4n) is 3.97. The normalized spacial score (nSPS) is 14.5. The maximum Gasteiger partial charge on any atom is 0.293 e. The van der Waals surface area contributed by atoms with E-state index in [1.165, 1.54) is 17.7 Å². The minimum absolute atomic E-state index is 0.0797. The molecule has 1 saturated heterocycles. The quantitative estimate of drug-likeness (QED) is 0.447. The van der Waals surface area contributed by atoms with E-state index in [1.807, 2.05) is 25.1 Å². The number of hydrogen-bond donors (Lipinski definition) is 0. The van der Waals surface area contributed by atoms with Crippen LogP contribution in [0.3, 0.4) is 0 Å². The van der Waals surface area contributed by atoms with Crippen LogP contribution in [-0.2, 0) is 14.6 Å². The van der Waals surface area contributed by atoms with Gasteiger partial charge in [0, 0.05) is 38.5 Å². The summed E-state index contributed by atoms with van der Waals surface area (Å²) in [5.41, 5.74) is 2.44. The molecule has 0 aliphatic carbocycles. The molecule has 0 atom stereocenters. The van der Waals surface area contributed by atoms with Gasteiger partial charge in [-0.2, -0.15) is 0 Å². The predicted octanol–water partition coefficient (Wildman–Crippen LogP) is 3.16. The first-order valence-corrected chi connectivity index (χ1v) is 12.6. The van der Waals surface area contributed by atoms with Gasteiger partial charge in [-0.3, -0.25) is 14.9 Å². The standard InChI is InChI=1S/C23H29N3O6S/c1-16(2)20-7-5-18(13-17(20)3)32-15-23(27)25-11-9-24(10-12-25)21-8-6-19(33(4,30)31)14-22(21)26(28)29/h5-8,13-14,16H,9-12,15H2,1-4H3. The van der Waals surface area contributed by atoms with Crippen LogP contribution in [0, 0.1) is 17.0 Å². The van der Waals surface area contributed by atoms with Gasteiger partial charge in [-0.1, -0.05) is 19.9 Å². The molecule has 0 bridgehead atoms. The highest BCUT2D eigenvalue weighted by Crippen LogP contribution is 2.31. The third kappa shape index (κ3) is 5.81. The topological polar surface area (TPSA) is 110 Å². The fourth-order valence-corrected chi connectivity index (χ4v) is 4.61. The molecule has 33 heavy (non-hydrogen) atoms. The van der Waals surface area contributed by atoms with Crippen molar-refractivity contribution in [3.63, 3.8) is 0 Å². The van der Waals surface area contributed by atoms with Gasteiger partial charge >= 0.3 is 0 Å². The average molecular weight is 476 g/mol. The molecule has 1 aliphatic rings. The summed E-state index contributed by atoms with van der Waals surface area (Å²) in [6.45, 7) is 7.76. The van der Waals surface area contributed by atoms with Gasteiger partial charge in [0.1, 0.15) is 11.4 Å². The lowest BCUT2D eigenvalue weighted by Gasteiger charge is -2.35. The van der Waals surface area contributed by atoms with Gasteiger partial charge < -0.3 is 14.5 Å². The zero-order chi connectivity index (χ0) is 24.3. The Bertz CT molecular complexity index is 1150. The summed E-state index contributed by atoms with van der Waals surface area (Å²) in [5, 5.41) is 11.5. The highest BCUT2D eigenvalue weighted by atomic mass is 32.2. The van der Waals surface area contributed by atoms with Crippen LogP contribution >= 0.6 is 0 Å². The first kappa shape index (κ1) is 24.5. The Balaban J connectivity index is 1.61. The minimum atomic E-state index is -3.55. The summed E-state index contributed by atoms with van der Waals surface area (Å²) in [7, 11) is -3.55. The van der Waals surface area contributed by atoms with E-state index < -0.39 is 14.8 Å². The number of carbonyl (C=O) groups excluding carboxylic acids is 1. The van der Waals surface area contributed by atoms with Gasteiger partial charge in [-0.15, -0.1) is 0 Å². The summed E-state index contributed by atoms with van der Waals surface area (Å²) in [5.74, 6) is 0.906. The number of nitrogens with zero attached hydrogens (tertiary/aromatic N) is 3. The molecule has 178 valence electrons. The largest absolute Gasteiger partial charge is 0.484 e. The molecule has 1 aliphatic heterocycles. The average Bonchev–Trinajstić information content (AvgIpc) is 2.76. The summed E-state index contributed by atoms with van der Waals surface area (Å²) in [4.78, 5) is 26.9. The van der Waals surface area contributed by atoms with Gasteiger partial charge in [-0.05, 0) is 48.2 Å². The van der Waals surface area contributed by atoms with E-state index in [0.717, 1.165) is 17.9 Å². The Morgan fingerprint density at radius 3 is 2.33 bits per heavy atom. The maximum atomic E-state index is 12.6. The summed E-state index contributed by atoms with van der Waals surface area (Å²) in [6, 6.07) is 9.73. The van der Waals surface area contributed by atoms with Gasteiger partial charge in [0.05, 0.1) is 9.82 Å². The van der Waals surface area contributed by atoms with E-state index in [0.29, 0.717) is 43.5 Å². The Kier molecular flexibility index (Phi) is 7.26. The van der Waals surface area contributed by atoms with Crippen LogP contribution in [-0.4, -0.2) is 63.2 Å². The maximum absolute atomic E-state index is 12.6. The summed E-state index contributed by atoms with van der Waals surface area (Å²) < 4.78 is 29.2.